The number of hydrogen-bond donors (Lipinski definition) is 4. The second kappa shape index (κ2) is 7.91. The molecule has 1 aliphatic heterocycles. The molecule has 4 unspecified atom stereocenters. The standard InChI is InChI=1S/C21H30FN3O4/c1-13-3-4-16(26)11-17(13)20-7-9-25(10-8-22)14(2)21(20,29)6-5-15(12-20)18(27)24-19(23)28/h3-4,11,14-15,26,29H,5-10,12H2,1-2H3,(H3,23,24,27,28). The highest BCUT2D eigenvalue weighted by atomic mass is 19.1. The van der Waals surface area contributed by atoms with Crippen LogP contribution in [0.4, 0.5) is 9.18 Å². The van der Waals surface area contributed by atoms with Crippen molar-refractivity contribution in [2.45, 2.75) is 56.6 Å². The van der Waals surface area contributed by atoms with E-state index in [1.54, 1.807) is 18.2 Å². The van der Waals surface area contributed by atoms with Crippen LogP contribution in [-0.2, 0) is 10.2 Å². The summed E-state index contributed by atoms with van der Waals surface area (Å²) in [5.41, 5.74) is 4.81. The second-order valence-electron chi connectivity index (χ2n) is 8.45. The van der Waals surface area contributed by atoms with Crippen molar-refractivity contribution in [3.05, 3.63) is 29.3 Å². The highest BCUT2D eigenvalue weighted by Gasteiger charge is 2.61. The molecule has 0 aromatic heterocycles. The maximum atomic E-state index is 13.1. The Morgan fingerprint density at radius 2 is 2.10 bits per heavy atom. The van der Waals surface area contributed by atoms with Gasteiger partial charge in [-0.3, -0.25) is 15.0 Å². The Hall–Kier alpha value is -2.19. The number of aliphatic hydroxyl groups is 1. The molecule has 3 amide bonds. The molecule has 3 rings (SSSR count). The molecule has 29 heavy (non-hydrogen) atoms. The summed E-state index contributed by atoms with van der Waals surface area (Å²) in [6.07, 6.45) is 1.55. The highest BCUT2D eigenvalue weighted by molar-refractivity contribution is 5.94. The Kier molecular flexibility index (Phi) is 5.87. The number of hydrogen-bond acceptors (Lipinski definition) is 5. The van der Waals surface area contributed by atoms with Crippen LogP contribution in [0.15, 0.2) is 18.2 Å². The number of benzene rings is 1. The smallest absolute Gasteiger partial charge is 0.318 e. The largest absolute Gasteiger partial charge is 0.508 e. The molecule has 160 valence electrons. The first-order valence-corrected chi connectivity index (χ1v) is 10.1. The van der Waals surface area contributed by atoms with E-state index in [9.17, 15) is 24.2 Å². The van der Waals surface area contributed by atoms with Gasteiger partial charge in [0.2, 0.25) is 5.91 Å². The number of alkyl halides is 1. The minimum absolute atomic E-state index is 0.0878. The number of phenols is 1. The van der Waals surface area contributed by atoms with Crippen LogP contribution in [0.5, 0.6) is 5.75 Å². The summed E-state index contributed by atoms with van der Waals surface area (Å²) >= 11 is 0. The van der Waals surface area contributed by atoms with Gasteiger partial charge in [0.25, 0.3) is 0 Å². The van der Waals surface area contributed by atoms with Crippen molar-refractivity contribution in [1.29, 1.82) is 0 Å². The van der Waals surface area contributed by atoms with Crippen molar-refractivity contribution in [2.75, 3.05) is 19.8 Å². The number of halogens is 1. The molecule has 8 heteroatoms. The molecule has 1 aliphatic carbocycles. The number of rotatable bonds is 4. The molecule has 0 bridgehead atoms. The summed E-state index contributed by atoms with van der Waals surface area (Å²) in [6.45, 7) is 4.11. The van der Waals surface area contributed by atoms with Gasteiger partial charge in [-0.1, -0.05) is 6.07 Å². The molecule has 1 saturated heterocycles. The van der Waals surface area contributed by atoms with Gasteiger partial charge in [-0.25, -0.2) is 9.18 Å². The van der Waals surface area contributed by atoms with Gasteiger partial charge in [-0.05, 0) is 69.3 Å². The van der Waals surface area contributed by atoms with E-state index in [1.807, 2.05) is 18.7 Å². The number of fused-ring (bicyclic) bond motifs is 1. The molecule has 0 spiro atoms. The summed E-state index contributed by atoms with van der Waals surface area (Å²) in [4.78, 5) is 25.7. The summed E-state index contributed by atoms with van der Waals surface area (Å²) < 4.78 is 13.1. The Labute approximate surface area is 170 Å². The van der Waals surface area contributed by atoms with Gasteiger partial charge in [-0.15, -0.1) is 0 Å². The Bertz CT molecular complexity index is 804. The van der Waals surface area contributed by atoms with E-state index in [4.69, 9.17) is 5.73 Å². The fourth-order valence-electron chi connectivity index (χ4n) is 5.56. The number of nitrogens with two attached hydrogens (primary N) is 1. The van der Waals surface area contributed by atoms with Crippen LogP contribution < -0.4 is 11.1 Å². The molecule has 0 radical (unpaired) electrons. The molecule has 2 fully saturated rings. The zero-order chi connectivity index (χ0) is 21.4. The fourth-order valence-corrected chi connectivity index (χ4v) is 5.56. The van der Waals surface area contributed by atoms with Gasteiger partial charge in [0.1, 0.15) is 12.4 Å². The maximum absolute atomic E-state index is 13.1. The van der Waals surface area contributed by atoms with Crippen LogP contribution >= 0.6 is 0 Å². The SMILES string of the molecule is Cc1ccc(O)cc1C12CCN(CCF)C(C)C1(O)CCC(C(=O)NC(N)=O)C2. The van der Waals surface area contributed by atoms with Crippen LogP contribution in [0.3, 0.4) is 0 Å². The Morgan fingerprint density at radius 1 is 1.38 bits per heavy atom. The number of primary amides is 1. The maximum Gasteiger partial charge on any atom is 0.318 e. The number of piperidine rings is 1. The topological polar surface area (TPSA) is 116 Å². The first-order valence-electron chi connectivity index (χ1n) is 10.1. The Morgan fingerprint density at radius 3 is 2.76 bits per heavy atom. The number of aryl methyl sites for hydroxylation is 1. The number of phenolic OH excluding ortho intramolecular Hbond substituents is 1. The number of likely N-dealkylation sites (tertiary alicyclic amines) is 1. The van der Waals surface area contributed by atoms with E-state index in [0.717, 1.165) is 11.1 Å². The average Bonchev–Trinajstić information content (AvgIpc) is 2.66. The number of carbonyl (C=O) groups excluding carboxylic acids is 2. The number of nitrogens with zero attached hydrogens (tertiary/aromatic N) is 1. The number of imide groups is 1. The predicted molar refractivity (Wildman–Crippen MR) is 106 cm³/mol. The van der Waals surface area contributed by atoms with E-state index >= 15 is 0 Å². The lowest BCUT2D eigenvalue weighted by Crippen LogP contribution is -2.70. The van der Waals surface area contributed by atoms with Crippen molar-refractivity contribution in [1.82, 2.24) is 10.2 Å². The van der Waals surface area contributed by atoms with Crippen molar-refractivity contribution in [2.24, 2.45) is 11.7 Å². The first kappa shape index (κ1) is 21.5. The van der Waals surface area contributed by atoms with E-state index in [-0.39, 0.29) is 18.3 Å². The summed E-state index contributed by atoms with van der Waals surface area (Å²) in [6, 6.07) is 3.83. The quantitative estimate of drug-likeness (QED) is 0.607. The van der Waals surface area contributed by atoms with Crippen LogP contribution in [0, 0.1) is 12.8 Å². The number of nitrogens with one attached hydrogen (secondary N) is 1. The van der Waals surface area contributed by atoms with Crippen LogP contribution in [0.25, 0.3) is 0 Å². The van der Waals surface area contributed by atoms with E-state index in [2.05, 4.69) is 5.32 Å². The van der Waals surface area contributed by atoms with E-state index < -0.39 is 35.5 Å². The van der Waals surface area contributed by atoms with Gasteiger partial charge in [0.15, 0.2) is 0 Å². The van der Waals surface area contributed by atoms with Gasteiger partial charge in [0.05, 0.1) is 5.60 Å². The first-order chi connectivity index (χ1) is 13.6. The van der Waals surface area contributed by atoms with E-state index in [0.29, 0.717) is 32.2 Å². The monoisotopic (exact) mass is 407 g/mol. The molecule has 4 atom stereocenters. The highest BCUT2D eigenvalue weighted by Crippen LogP contribution is 2.56. The lowest BCUT2D eigenvalue weighted by atomic mass is 9.51. The third-order valence-corrected chi connectivity index (χ3v) is 7.09. The minimum atomic E-state index is -1.21. The van der Waals surface area contributed by atoms with Crippen molar-refractivity contribution >= 4 is 11.9 Å². The average molecular weight is 407 g/mol. The van der Waals surface area contributed by atoms with Crippen molar-refractivity contribution < 1.29 is 24.2 Å². The lowest BCUT2D eigenvalue weighted by molar-refractivity contribution is -0.167. The third-order valence-electron chi connectivity index (χ3n) is 7.09. The number of carbonyl (C=O) groups is 2. The van der Waals surface area contributed by atoms with Gasteiger partial charge >= 0.3 is 6.03 Å². The van der Waals surface area contributed by atoms with Gasteiger partial charge < -0.3 is 15.9 Å². The molecule has 7 nitrogen and oxygen atoms in total. The van der Waals surface area contributed by atoms with Gasteiger partial charge in [-0.2, -0.15) is 0 Å². The summed E-state index contributed by atoms with van der Waals surface area (Å²) in [7, 11) is 0. The number of aromatic hydroxyl groups is 1. The van der Waals surface area contributed by atoms with Crippen molar-refractivity contribution in [3.63, 3.8) is 0 Å². The Balaban J connectivity index is 2.08. The summed E-state index contributed by atoms with van der Waals surface area (Å²) in [5, 5.41) is 24.3. The molecule has 1 saturated carbocycles. The fraction of sp³-hybridized carbons (Fsp3) is 0.619. The van der Waals surface area contributed by atoms with E-state index in [1.165, 1.54) is 0 Å². The number of amides is 3. The molecule has 1 aromatic carbocycles. The van der Waals surface area contributed by atoms with Crippen molar-refractivity contribution in [3.8, 4) is 5.75 Å². The van der Waals surface area contributed by atoms with Gasteiger partial charge in [0, 0.05) is 23.9 Å². The minimum Gasteiger partial charge on any atom is -0.508 e. The molecular formula is C21H30FN3O4. The number of urea groups is 1. The molecule has 1 aromatic rings. The summed E-state index contributed by atoms with van der Waals surface area (Å²) in [5.74, 6) is -0.857. The zero-order valence-corrected chi connectivity index (χ0v) is 16.9. The molecule has 2 aliphatic rings. The van der Waals surface area contributed by atoms with Crippen LogP contribution in [0.1, 0.15) is 43.7 Å². The predicted octanol–water partition coefficient (Wildman–Crippen LogP) is 1.73. The molecular weight excluding hydrogens is 377 g/mol. The third kappa shape index (κ3) is 3.59. The normalized spacial score (nSPS) is 32.4. The second-order valence-corrected chi connectivity index (χ2v) is 8.45. The van der Waals surface area contributed by atoms with Crippen LogP contribution in [-0.4, -0.2) is 58.5 Å². The van der Waals surface area contributed by atoms with Crippen LogP contribution in [0.2, 0.25) is 0 Å². The zero-order valence-electron chi connectivity index (χ0n) is 16.9. The molecule has 5 N–H and O–H groups in total. The molecule has 1 heterocycles. The lowest BCUT2D eigenvalue weighted by Gasteiger charge is -2.61.